The molecule has 0 bridgehead atoms. The first kappa shape index (κ1) is 13.7. The van der Waals surface area contributed by atoms with E-state index in [4.69, 9.17) is 9.47 Å². The monoisotopic (exact) mass is 275 g/mol. The molecule has 0 spiro atoms. The quantitative estimate of drug-likeness (QED) is 0.912. The van der Waals surface area contributed by atoms with E-state index < -0.39 is 0 Å². The molecule has 1 N–H and O–H groups in total. The zero-order chi connectivity index (χ0) is 13.8. The van der Waals surface area contributed by atoms with Gasteiger partial charge in [0.05, 0.1) is 13.2 Å². The van der Waals surface area contributed by atoms with Crippen LogP contribution in [0, 0.1) is 0 Å². The summed E-state index contributed by atoms with van der Waals surface area (Å²) < 4.78 is 11.6. The van der Waals surface area contributed by atoms with Crippen LogP contribution in [0.5, 0.6) is 11.5 Å². The lowest BCUT2D eigenvalue weighted by molar-refractivity contribution is 0.200. The van der Waals surface area contributed by atoms with Crippen LogP contribution in [-0.2, 0) is 0 Å². The summed E-state index contributed by atoms with van der Waals surface area (Å²) in [4.78, 5) is 0. The molecule has 1 saturated carbocycles. The Bertz CT molecular complexity index is 435. The van der Waals surface area contributed by atoms with Gasteiger partial charge in [0, 0.05) is 6.54 Å². The maximum absolute atomic E-state index is 6.10. The summed E-state index contributed by atoms with van der Waals surface area (Å²) in [6.07, 6.45) is 7.84. The van der Waals surface area contributed by atoms with E-state index in [2.05, 4.69) is 23.5 Å². The van der Waals surface area contributed by atoms with Gasteiger partial charge >= 0.3 is 0 Å². The number of nitrogens with one attached hydrogen (secondary N) is 1. The molecule has 1 aromatic carbocycles. The highest BCUT2D eigenvalue weighted by Crippen LogP contribution is 2.35. The molecule has 110 valence electrons. The fraction of sp³-hybridized carbons (Fsp3) is 0.647. The molecule has 2 fully saturated rings. The highest BCUT2D eigenvalue weighted by atomic mass is 16.5. The van der Waals surface area contributed by atoms with Crippen molar-refractivity contribution in [1.82, 2.24) is 5.32 Å². The lowest BCUT2D eigenvalue weighted by Crippen LogP contribution is -2.28. The summed E-state index contributed by atoms with van der Waals surface area (Å²) in [6, 6.07) is 6.48. The minimum Gasteiger partial charge on any atom is -0.493 e. The largest absolute Gasteiger partial charge is 0.493 e. The van der Waals surface area contributed by atoms with Gasteiger partial charge in [-0.2, -0.15) is 0 Å². The summed E-state index contributed by atoms with van der Waals surface area (Å²) >= 11 is 0. The van der Waals surface area contributed by atoms with Gasteiger partial charge in [0.2, 0.25) is 0 Å². The van der Waals surface area contributed by atoms with Crippen LogP contribution in [0.2, 0.25) is 0 Å². The Morgan fingerprint density at radius 1 is 1.05 bits per heavy atom. The second-order valence-electron chi connectivity index (χ2n) is 5.98. The van der Waals surface area contributed by atoms with Gasteiger partial charge in [-0.3, -0.25) is 0 Å². The minimum absolute atomic E-state index is 0.381. The van der Waals surface area contributed by atoms with Crippen molar-refractivity contribution < 1.29 is 9.47 Å². The van der Waals surface area contributed by atoms with Crippen LogP contribution in [-0.4, -0.2) is 26.3 Å². The molecule has 3 rings (SSSR count). The van der Waals surface area contributed by atoms with Crippen LogP contribution < -0.4 is 14.8 Å². The van der Waals surface area contributed by atoms with Crippen molar-refractivity contribution in [2.75, 3.05) is 20.2 Å². The Kier molecular flexibility index (Phi) is 4.46. The van der Waals surface area contributed by atoms with Crippen molar-refractivity contribution in [2.45, 2.75) is 50.5 Å². The zero-order valence-corrected chi connectivity index (χ0v) is 12.4. The van der Waals surface area contributed by atoms with E-state index in [9.17, 15) is 0 Å². The molecule has 3 heteroatoms. The highest BCUT2D eigenvalue weighted by molar-refractivity contribution is 5.44. The molecule has 0 aromatic heterocycles. The van der Waals surface area contributed by atoms with Crippen molar-refractivity contribution >= 4 is 0 Å². The fourth-order valence-corrected chi connectivity index (χ4v) is 3.36. The number of ether oxygens (including phenoxy) is 2. The van der Waals surface area contributed by atoms with Crippen LogP contribution in [0.15, 0.2) is 18.2 Å². The van der Waals surface area contributed by atoms with Gasteiger partial charge in [0.25, 0.3) is 0 Å². The number of hydrogen-bond acceptors (Lipinski definition) is 3. The molecule has 1 heterocycles. The molecule has 2 aliphatic rings. The van der Waals surface area contributed by atoms with Crippen molar-refractivity contribution in [2.24, 2.45) is 0 Å². The first-order valence-electron chi connectivity index (χ1n) is 7.92. The van der Waals surface area contributed by atoms with Crippen molar-refractivity contribution in [1.29, 1.82) is 0 Å². The number of piperidine rings is 1. The molecule has 1 aromatic rings. The van der Waals surface area contributed by atoms with Crippen molar-refractivity contribution in [3.05, 3.63) is 23.8 Å². The lowest BCUT2D eigenvalue weighted by Gasteiger charge is -2.24. The summed E-state index contributed by atoms with van der Waals surface area (Å²) in [6.45, 7) is 2.22. The van der Waals surface area contributed by atoms with Gasteiger partial charge < -0.3 is 14.8 Å². The molecule has 3 nitrogen and oxygen atoms in total. The molecule has 1 aliphatic heterocycles. The van der Waals surface area contributed by atoms with E-state index in [1.54, 1.807) is 7.11 Å². The Morgan fingerprint density at radius 3 is 2.60 bits per heavy atom. The van der Waals surface area contributed by atoms with Crippen LogP contribution >= 0.6 is 0 Å². The molecule has 1 aliphatic carbocycles. The average Bonchev–Trinajstić information content (AvgIpc) is 3.01. The number of benzene rings is 1. The van der Waals surface area contributed by atoms with Gasteiger partial charge in [-0.15, -0.1) is 0 Å². The van der Waals surface area contributed by atoms with Gasteiger partial charge in [-0.05, 0) is 68.7 Å². The van der Waals surface area contributed by atoms with E-state index in [0.717, 1.165) is 24.6 Å². The van der Waals surface area contributed by atoms with Gasteiger partial charge in [-0.1, -0.05) is 6.07 Å². The second kappa shape index (κ2) is 6.49. The highest BCUT2D eigenvalue weighted by Gasteiger charge is 2.20. The Labute approximate surface area is 121 Å². The van der Waals surface area contributed by atoms with E-state index in [1.807, 2.05) is 0 Å². The third-order valence-electron chi connectivity index (χ3n) is 4.55. The maximum atomic E-state index is 6.10. The molecule has 1 unspecified atom stereocenters. The van der Waals surface area contributed by atoms with Crippen LogP contribution in [0.3, 0.4) is 0 Å². The maximum Gasteiger partial charge on any atom is 0.161 e. The number of hydrogen-bond donors (Lipinski definition) is 1. The smallest absolute Gasteiger partial charge is 0.161 e. The van der Waals surface area contributed by atoms with Gasteiger partial charge in [-0.25, -0.2) is 0 Å². The molecule has 0 radical (unpaired) electrons. The van der Waals surface area contributed by atoms with E-state index in [0.29, 0.717) is 12.0 Å². The van der Waals surface area contributed by atoms with E-state index in [1.165, 1.54) is 44.1 Å². The standard InChI is InChI=1S/C17H25NO2/c1-19-17-11-13(14-5-4-10-18-12-14)8-9-16(17)20-15-6-2-3-7-15/h8-9,11,14-15,18H,2-7,10,12H2,1H3. The topological polar surface area (TPSA) is 30.5 Å². The number of methoxy groups -OCH3 is 1. The Balaban J connectivity index is 1.74. The fourth-order valence-electron chi connectivity index (χ4n) is 3.36. The summed E-state index contributed by atoms with van der Waals surface area (Å²) in [5.41, 5.74) is 1.37. The van der Waals surface area contributed by atoms with E-state index in [-0.39, 0.29) is 0 Å². The molecular formula is C17H25NO2. The van der Waals surface area contributed by atoms with Crippen LogP contribution in [0.1, 0.15) is 50.0 Å². The number of rotatable bonds is 4. The molecule has 0 amide bonds. The second-order valence-corrected chi connectivity index (χ2v) is 5.98. The molecule has 20 heavy (non-hydrogen) atoms. The van der Waals surface area contributed by atoms with Crippen LogP contribution in [0.4, 0.5) is 0 Å². The third kappa shape index (κ3) is 3.09. The molecule has 1 atom stereocenters. The van der Waals surface area contributed by atoms with Gasteiger partial charge in [0.1, 0.15) is 0 Å². The average molecular weight is 275 g/mol. The zero-order valence-electron chi connectivity index (χ0n) is 12.4. The molecular weight excluding hydrogens is 250 g/mol. The van der Waals surface area contributed by atoms with Gasteiger partial charge in [0.15, 0.2) is 11.5 Å². The van der Waals surface area contributed by atoms with Crippen molar-refractivity contribution in [3.8, 4) is 11.5 Å². The first-order valence-corrected chi connectivity index (χ1v) is 7.92. The first-order chi connectivity index (χ1) is 9.86. The summed E-state index contributed by atoms with van der Waals surface area (Å²) in [5.74, 6) is 2.41. The van der Waals surface area contributed by atoms with E-state index >= 15 is 0 Å². The normalized spacial score (nSPS) is 23.8. The Hall–Kier alpha value is -1.22. The molecule has 1 saturated heterocycles. The Morgan fingerprint density at radius 2 is 1.90 bits per heavy atom. The van der Waals surface area contributed by atoms with Crippen LogP contribution in [0.25, 0.3) is 0 Å². The predicted octanol–water partition coefficient (Wildman–Crippen LogP) is 3.48. The SMILES string of the molecule is COc1cc(C2CCCNC2)ccc1OC1CCCC1. The lowest BCUT2D eigenvalue weighted by atomic mass is 9.91. The summed E-state index contributed by atoms with van der Waals surface area (Å²) in [7, 11) is 1.74. The van der Waals surface area contributed by atoms with Crippen molar-refractivity contribution in [3.63, 3.8) is 0 Å². The third-order valence-corrected chi connectivity index (χ3v) is 4.55. The summed E-state index contributed by atoms with van der Waals surface area (Å²) in [5, 5.41) is 3.47. The minimum atomic E-state index is 0.381. The predicted molar refractivity (Wildman–Crippen MR) is 80.7 cm³/mol.